The van der Waals surface area contributed by atoms with Crippen LogP contribution in [-0.4, -0.2) is 40.9 Å². The minimum Gasteiger partial charge on any atom is -0.411 e. The lowest BCUT2D eigenvalue weighted by atomic mass is 9.90. The Morgan fingerprint density at radius 2 is 2.10 bits per heavy atom. The molecule has 0 amide bonds. The molecular formula is C14H16N2O3S. The highest BCUT2D eigenvalue weighted by Crippen LogP contribution is 2.34. The summed E-state index contributed by atoms with van der Waals surface area (Å²) in [6.45, 7) is 3.32. The number of nitrogens with zero attached hydrogens (tertiary/aromatic N) is 2. The van der Waals surface area contributed by atoms with E-state index in [1.807, 2.05) is 31.2 Å². The maximum absolute atomic E-state index is 9.37. The van der Waals surface area contributed by atoms with E-state index in [9.17, 15) is 5.11 Å². The molecule has 0 spiro atoms. The monoisotopic (exact) mass is 292 g/mol. The van der Waals surface area contributed by atoms with Crippen molar-refractivity contribution in [3.05, 3.63) is 29.8 Å². The van der Waals surface area contributed by atoms with E-state index >= 15 is 0 Å². The minimum atomic E-state index is -0.151. The Balaban J connectivity index is 1.70. The average Bonchev–Trinajstić information content (AvgIpc) is 2.87. The number of aromatic nitrogens is 2. The molecular weight excluding hydrogens is 276 g/mol. The Kier molecular flexibility index (Phi) is 3.78. The third kappa shape index (κ3) is 2.59. The summed E-state index contributed by atoms with van der Waals surface area (Å²) in [6, 6.07) is 7.91. The quantitative estimate of drug-likeness (QED) is 0.852. The topological polar surface area (TPSA) is 68.4 Å². The molecule has 0 aliphatic carbocycles. The van der Waals surface area contributed by atoms with Gasteiger partial charge in [-0.1, -0.05) is 30.0 Å². The van der Waals surface area contributed by atoms with Gasteiger partial charge in [0.2, 0.25) is 5.89 Å². The zero-order valence-corrected chi connectivity index (χ0v) is 12.0. The molecule has 0 saturated carbocycles. The Labute approximate surface area is 121 Å². The average molecular weight is 292 g/mol. The summed E-state index contributed by atoms with van der Waals surface area (Å²) in [5.41, 5.74) is 1.91. The Morgan fingerprint density at radius 3 is 2.75 bits per heavy atom. The van der Waals surface area contributed by atoms with Crippen LogP contribution in [0.25, 0.3) is 11.5 Å². The maximum Gasteiger partial charge on any atom is 0.276 e. The molecule has 2 heterocycles. The molecule has 1 fully saturated rings. The maximum atomic E-state index is 9.37. The van der Waals surface area contributed by atoms with Gasteiger partial charge < -0.3 is 14.3 Å². The van der Waals surface area contributed by atoms with Crippen molar-refractivity contribution in [2.75, 3.05) is 25.6 Å². The largest absolute Gasteiger partial charge is 0.411 e. The molecule has 1 aliphatic heterocycles. The van der Waals surface area contributed by atoms with Crippen LogP contribution >= 0.6 is 11.8 Å². The summed E-state index contributed by atoms with van der Waals surface area (Å²) in [7, 11) is 0. The lowest BCUT2D eigenvalue weighted by Gasteiger charge is -2.39. The van der Waals surface area contributed by atoms with E-state index < -0.39 is 0 Å². The van der Waals surface area contributed by atoms with Crippen molar-refractivity contribution in [2.45, 2.75) is 12.1 Å². The fourth-order valence-corrected chi connectivity index (χ4v) is 2.94. The van der Waals surface area contributed by atoms with Crippen LogP contribution < -0.4 is 0 Å². The SMILES string of the molecule is Cc1ccccc1-c1nnc(SCC2(CO)COC2)o1. The Bertz CT molecular complexity index is 590. The number of benzene rings is 1. The number of thioether (sulfide) groups is 1. The molecule has 1 aromatic heterocycles. The first-order valence-electron chi connectivity index (χ1n) is 6.43. The van der Waals surface area contributed by atoms with Crippen LogP contribution in [0.5, 0.6) is 0 Å². The van der Waals surface area contributed by atoms with Gasteiger partial charge in [-0.05, 0) is 18.6 Å². The van der Waals surface area contributed by atoms with Crippen molar-refractivity contribution >= 4 is 11.8 Å². The molecule has 6 heteroatoms. The molecule has 20 heavy (non-hydrogen) atoms. The molecule has 1 N–H and O–H groups in total. The molecule has 106 valence electrons. The van der Waals surface area contributed by atoms with Crippen molar-refractivity contribution in [3.8, 4) is 11.5 Å². The van der Waals surface area contributed by atoms with Gasteiger partial charge in [0, 0.05) is 16.7 Å². The number of hydrogen-bond acceptors (Lipinski definition) is 6. The Morgan fingerprint density at radius 1 is 1.30 bits per heavy atom. The predicted molar refractivity (Wildman–Crippen MR) is 75.5 cm³/mol. The number of aliphatic hydroxyl groups excluding tert-OH is 1. The molecule has 0 unspecified atom stereocenters. The van der Waals surface area contributed by atoms with Crippen molar-refractivity contribution in [3.63, 3.8) is 0 Å². The first-order chi connectivity index (χ1) is 9.72. The number of ether oxygens (including phenoxy) is 1. The summed E-state index contributed by atoms with van der Waals surface area (Å²) in [5, 5.41) is 18.0. The van der Waals surface area contributed by atoms with Crippen LogP contribution in [0.15, 0.2) is 33.9 Å². The van der Waals surface area contributed by atoms with Gasteiger partial charge in [0.25, 0.3) is 5.22 Å². The third-order valence-electron chi connectivity index (χ3n) is 3.44. The van der Waals surface area contributed by atoms with E-state index in [-0.39, 0.29) is 12.0 Å². The molecule has 2 aromatic rings. The Hall–Kier alpha value is -1.37. The molecule has 0 bridgehead atoms. The summed E-state index contributed by atoms with van der Waals surface area (Å²) < 4.78 is 10.8. The second-order valence-corrected chi connectivity index (χ2v) is 6.05. The summed E-state index contributed by atoms with van der Waals surface area (Å²) >= 11 is 1.47. The minimum absolute atomic E-state index is 0.124. The number of hydrogen-bond donors (Lipinski definition) is 1. The predicted octanol–water partition coefficient (Wildman–Crippen LogP) is 2.15. The van der Waals surface area contributed by atoms with Crippen LogP contribution in [0.1, 0.15) is 5.56 Å². The molecule has 1 aromatic carbocycles. The van der Waals surface area contributed by atoms with Gasteiger partial charge in [-0.3, -0.25) is 0 Å². The normalized spacial score (nSPS) is 16.9. The molecule has 1 aliphatic rings. The summed E-state index contributed by atoms with van der Waals surface area (Å²) in [4.78, 5) is 0. The number of rotatable bonds is 5. The van der Waals surface area contributed by atoms with Gasteiger partial charge >= 0.3 is 0 Å². The van der Waals surface area contributed by atoms with Crippen LogP contribution in [0.4, 0.5) is 0 Å². The molecule has 3 rings (SSSR count). The van der Waals surface area contributed by atoms with Gasteiger partial charge in [0.05, 0.1) is 19.8 Å². The lowest BCUT2D eigenvalue weighted by Crippen LogP contribution is -2.47. The summed E-state index contributed by atoms with van der Waals surface area (Å²) in [5.74, 6) is 1.26. The van der Waals surface area contributed by atoms with E-state index in [4.69, 9.17) is 9.15 Å². The number of aliphatic hydroxyl groups is 1. The smallest absolute Gasteiger partial charge is 0.276 e. The number of aryl methyl sites for hydroxylation is 1. The zero-order chi connectivity index (χ0) is 14.0. The lowest BCUT2D eigenvalue weighted by molar-refractivity contribution is -0.121. The van der Waals surface area contributed by atoms with Gasteiger partial charge in [-0.2, -0.15) is 0 Å². The van der Waals surface area contributed by atoms with E-state index in [1.165, 1.54) is 11.8 Å². The van der Waals surface area contributed by atoms with Crippen LogP contribution in [-0.2, 0) is 4.74 Å². The second-order valence-electron chi connectivity index (χ2n) is 5.13. The van der Waals surface area contributed by atoms with Crippen molar-refractivity contribution in [2.24, 2.45) is 5.41 Å². The highest BCUT2D eigenvalue weighted by Gasteiger charge is 2.38. The first kappa shape index (κ1) is 13.6. The van der Waals surface area contributed by atoms with Gasteiger partial charge in [0.1, 0.15) is 0 Å². The van der Waals surface area contributed by atoms with Crippen LogP contribution in [0, 0.1) is 12.3 Å². The standard InChI is InChI=1S/C14H16N2O3S/c1-10-4-2-3-5-11(10)12-15-16-13(19-12)20-9-14(6-17)7-18-8-14/h2-5,17H,6-9H2,1H3. The highest BCUT2D eigenvalue weighted by atomic mass is 32.2. The van der Waals surface area contributed by atoms with E-state index in [1.54, 1.807) is 0 Å². The third-order valence-corrected chi connectivity index (χ3v) is 4.60. The molecule has 1 saturated heterocycles. The van der Waals surface area contributed by atoms with Crippen LogP contribution in [0.2, 0.25) is 0 Å². The fourth-order valence-electron chi connectivity index (χ4n) is 2.02. The van der Waals surface area contributed by atoms with E-state index in [0.29, 0.717) is 24.3 Å². The second kappa shape index (κ2) is 5.55. The molecule has 5 nitrogen and oxygen atoms in total. The molecule has 0 radical (unpaired) electrons. The van der Waals surface area contributed by atoms with Crippen LogP contribution in [0.3, 0.4) is 0 Å². The fraction of sp³-hybridized carbons (Fsp3) is 0.429. The molecule has 0 atom stereocenters. The first-order valence-corrected chi connectivity index (χ1v) is 7.42. The van der Waals surface area contributed by atoms with Gasteiger partial charge in [-0.15, -0.1) is 10.2 Å². The van der Waals surface area contributed by atoms with Crippen molar-refractivity contribution < 1.29 is 14.3 Å². The van der Waals surface area contributed by atoms with E-state index in [2.05, 4.69) is 10.2 Å². The summed E-state index contributed by atoms with van der Waals surface area (Å²) in [6.07, 6.45) is 0. The van der Waals surface area contributed by atoms with Gasteiger partial charge in [0.15, 0.2) is 0 Å². The van der Waals surface area contributed by atoms with Gasteiger partial charge in [-0.25, -0.2) is 0 Å². The van der Waals surface area contributed by atoms with Crippen molar-refractivity contribution in [1.29, 1.82) is 0 Å². The highest BCUT2D eigenvalue weighted by molar-refractivity contribution is 7.99. The van der Waals surface area contributed by atoms with Crippen molar-refractivity contribution in [1.82, 2.24) is 10.2 Å². The van der Waals surface area contributed by atoms with E-state index in [0.717, 1.165) is 16.9 Å². The zero-order valence-electron chi connectivity index (χ0n) is 11.2.